The molecule has 3 rings (SSSR count). The zero-order valence-corrected chi connectivity index (χ0v) is 14.8. The highest BCUT2D eigenvalue weighted by atomic mass is 19.1. The van der Waals surface area contributed by atoms with Crippen molar-refractivity contribution in [3.05, 3.63) is 96.1 Å². The summed E-state index contributed by atoms with van der Waals surface area (Å²) < 4.78 is 18.9. The molecule has 3 aromatic rings. The molecule has 1 heterocycles. The maximum atomic E-state index is 13.5. The largest absolute Gasteiger partial charge is 0.491 e. The Hall–Kier alpha value is -3.21. The van der Waals surface area contributed by atoms with Gasteiger partial charge in [-0.1, -0.05) is 42.5 Å². The van der Waals surface area contributed by atoms with Crippen molar-refractivity contribution in [2.75, 3.05) is 6.61 Å². The normalized spacial score (nSPS) is 11.6. The van der Waals surface area contributed by atoms with Gasteiger partial charge in [0.2, 0.25) is 5.91 Å². The molecule has 0 spiro atoms. The molecule has 27 heavy (non-hydrogen) atoms. The second-order valence-electron chi connectivity index (χ2n) is 6.07. The molecule has 1 N–H and O–H groups in total. The van der Waals surface area contributed by atoms with E-state index in [-0.39, 0.29) is 24.3 Å². The van der Waals surface area contributed by atoms with Crippen LogP contribution in [0.1, 0.15) is 30.0 Å². The third kappa shape index (κ3) is 5.38. The minimum absolute atomic E-state index is 0.0854. The molecular formula is C22H21FN2O2. The molecule has 2 aromatic carbocycles. The summed E-state index contributed by atoms with van der Waals surface area (Å²) in [4.78, 5) is 16.5. The Bertz CT molecular complexity index is 817. The molecule has 0 saturated carbocycles. The van der Waals surface area contributed by atoms with Crippen LogP contribution in [-0.4, -0.2) is 17.5 Å². The molecular weight excluding hydrogens is 343 g/mol. The molecule has 0 aliphatic rings. The van der Waals surface area contributed by atoms with Gasteiger partial charge in [-0.2, -0.15) is 0 Å². The Morgan fingerprint density at radius 3 is 2.37 bits per heavy atom. The lowest BCUT2D eigenvalue weighted by Gasteiger charge is -2.19. The number of hydrogen-bond acceptors (Lipinski definition) is 3. The van der Waals surface area contributed by atoms with Gasteiger partial charge in [-0.15, -0.1) is 0 Å². The van der Waals surface area contributed by atoms with Crippen LogP contribution < -0.4 is 10.1 Å². The molecule has 0 fully saturated rings. The smallest absolute Gasteiger partial charge is 0.220 e. The van der Waals surface area contributed by atoms with Crippen LogP contribution in [0.4, 0.5) is 4.39 Å². The highest BCUT2D eigenvalue weighted by Gasteiger charge is 2.16. The van der Waals surface area contributed by atoms with Crippen LogP contribution >= 0.6 is 0 Å². The number of ether oxygens (including phenoxy) is 1. The maximum Gasteiger partial charge on any atom is 0.220 e. The van der Waals surface area contributed by atoms with Crippen molar-refractivity contribution in [3.63, 3.8) is 0 Å². The highest BCUT2D eigenvalue weighted by molar-refractivity contribution is 5.77. The first-order valence-electron chi connectivity index (χ1n) is 8.85. The monoisotopic (exact) mass is 364 g/mol. The predicted octanol–water partition coefficient (Wildman–Crippen LogP) is 4.29. The molecule has 1 amide bonds. The van der Waals surface area contributed by atoms with Gasteiger partial charge in [0.1, 0.15) is 0 Å². The molecule has 1 aromatic heterocycles. The van der Waals surface area contributed by atoms with Gasteiger partial charge in [-0.3, -0.25) is 9.78 Å². The number of rotatable bonds is 8. The van der Waals surface area contributed by atoms with Crippen molar-refractivity contribution in [3.8, 4) is 5.75 Å². The first-order valence-corrected chi connectivity index (χ1v) is 8.85. The van der Waals surface area contributed by atoms with E-state index in [9.17, 15) is 9.18 Å². The van der Waals surface area contributed by atoms with Gasteiger partial charge in [0.05, 0.1) is 12.6 Å². The zero-order chi connectivity index (χ0) is 18.9. The summed E-state index contributed by atoms with van der Waals surface area (Å²) in [6, 6.07) is 19.6. The van der Waals surface area contributed by atoms with Crippen LogP contribution in [0.25, 0.3) is 0 Å². The van der Waals surface area contributed by atoms with Crippen LogP contribution in [0.2, 0.25) is 0 Å². The number of benzene rings is 2. The average molecular weight is 364 g/mol. The summed E-state index contributed by atoms with van der Waals surface area (Å²) in [5.74, 6) is -0.279. The lowest BCUT2D eigenvalue weighted by Crippen LogP contribution is -2.29. The number of halogens is 1. The predicted molar refractivity (Wildman–Crippen MR) is 102 cm³/mol. The number of para-hydroxylation sites is 1. The topological polar surface area (TPSA) is 51.2 Å². The van der Waals surface area contributed by atoms with Crippen LogP contribution in [0, 0.1) is 5.82 Å². The minimum Gasteiger partial charge on any atom is -0.491 e. The highest BCUT2D eigenvalue weighted by Crippen LogP contribution is 2.21. The molecule has 0 saturated heterocycles. The Labute approximate surface area is 158 Å². The van der Waals surface area contributed by atoms with E-state index in [0.717, 1.165) is 11.1 Å². The first kappa shape index (κ1) is 18.6. The molecule has 0 aliphatic carbocycles. The lowest BCUT2D eigenvalue weighted by atomic mass is 9.99. The fourth-order valence-electron chi connectivity index (χ4n) is 2.77. The van der Waals surface area contributed by atoms with E-state index in [1.165, 1.54) is 6.07 Å². The van der Waals surface area contributed by atoms with Crippen molar-refractivity contribution in [1.82, 2.24) is 10.3 Å². The van der Waals surface area contributed by atoms with Gasteiger partial charge >= 0.3 is 0 Å². The standard InChI is InChI=1S/C22H21FN2O2/c23-19-9-4-5-10-20(19)27-16-6-11-21(26)25-22(17-7-2-1-3-8-17)18-12-14-24-15-13-18/h1-5,7-10,12-15,22H,6,11,16H2,(H,25,26). The van der Waals surface area contributed by atoms with Gasteiger partial charge < -0.3 is 10.1 Å². The number of nitrogens with one attached hydrogen (secondary N) is 1. The van der Waals surface area contributed by atoms with Crippen molar-refractivity contribution in [2.24, 2.45) is 0 Å². The number of nitrogens with zero attached hydrogens (tertiary/aromatic N) is 1. The lowest BCUT2D eigenvalue weighted by molar-refractivity contribution is -0.121. The second-order valence-corrected chi connectivity index (χ2v) is 6.07. The van der Waals surface area contributed by atoms with E-state index in [4.69, 9.17) is 4.74 Å². The Morgan fingerprint density at radius 2 is 1.63 bits per heavy atom. The Balaban J connectivity index is 1.56. The maximum absolute atomic E-state index is 13.5. The van der Waals surface area contributed by atoms with Gasteiger partial charge in [-0.05, 0) is 41.8 Å². The fraction of sp³-hybridized carbons (Fsp3) is 0.182. The van der Waals surface area contributed by atoms with Crippen LogP contribution in [-0.2, 0) is 4.79 Å². The molecule has 0 radical (unpaired) electrons. The number of amides is 1. The van der Waals surface area contributed by atoms with Gasteiger partial charge in [0.15, 0.2) is 11.6 Å². The molecule has 1 atom stereocenters. The van der Waals surface area contributed by atoms with Crippen molar-refractivity contribution in [2.45, 2.75) is 18.9 Å². The summed E-state index contributed by atoms with van der Waals surface area (Å²) in [6.45, 7) is 0.277. The second kappa shape index (κ2) is 9.48. The number of hydrogen-bond donors (Lipinski definition) is 1. The molecule has 4 nitrogen and oxygen atoms in total. The number of carbonyl (C=O) groups excluding carboxylic acids is 1. The third-order valence-corrected chi connectivity index (χ3v) is 4.12. The van der Waals surface area contributed by atoms with Crippen LogP contribution in [0.15, 0.2) is 79.1 Å². The zero-order valence-electron chi connectivity index (χ0n) is 14.8. The Morgan fingerprint density at radius 1 is 0.963 bits per heavy atom. The van der Waals surface area contributed by atoms with E-state index in [0.29, 0.717) is 12.8 Å². The van der Waals surface area contributed by atoms with Crippen LogP contribution in [0.3, 0.4) is 0 Å². The van der Waals surface area contributed by atoms with E-state index < -0.39 is 5.82 Å². The molecule has 0 bridgehead atoms. The van der Waals surface area contributed by atoms with E-state index in [2.05, 4.69) is 10.3 Å². The van der Waals surface area contributed by atoms with Gasteiger partial charge in [0.25, 0.3) is 0 Å². The first-order chi connectivity index (χ1) is 13.2. The van der Waals surface area contributed by atoms with E-state index >= 15 is 0 Å². The summed E-state index contributed by atoms with van der Waals surface area (Å²) in [5, 5.41) is 3.06. The van der Waals surface area contributed by atoms with Gasteiger partial charge in [-0.25, -0.2) is 4.39 Å². The fourth-order valence-corrected chi connectivity index (χ4v) is 2.77. The third-order valence-electron chi connectivity index (χ3n) is 4.12. The summed E-state index contributed by atoms with van der Waals surface area (Å²) in [5.41, 5.74) is 1.96. The summed E-state index contributed by atoms with van der Waals surface area (Å²) in [6.07, 6.45) is 4.21. The van der Waals surface area contributed by atoms with Crippen molar-refractivity contribution < 1.29 is 13.9 Å². The number of aromatic nitrogens is 1. The molecule has 1 unspecified atom stereocenters. The van der Waals surface area contributed by atoms with Crippen LogP contribution in [0.5, 0.6) is 5.75 Å². The Kier molecular flexibility index (Phi) is 6.52. The SMILES string of the molecule is O=C(CCCOc1ccccc1F)NC(c1ccccc1)c1ccncc1. The minimum atomic E-state index is -0.399. The van der Waals surface area contributed by atoms with Crippen molar-refractivity contribution >= 4 is 5.91 Å². The summed E-state index contributed by atoms with van der Waals surface area (Å²) >= 11 is 0. The summed E-state index contributed by atoms with van der Waals surface area (Å²) in [7, 11) is 0. The molecule has 138 valence electrons. The number of carbonyl (C=O) groups is 1. The van der Waals surface area contributed by atoms with Crippen molar-refractivity contribution in [1.29, 1.82) is 0 Å². The van der Waals surface area contributed by atoms with E-state index in [1.807, 2.05) is 42.5 Å². The molecule has 5 heteroatoms. The quantitative estimate of drug-likeness (QED) is 0.607. The number of pyridine rings is 1. The average Bonchev–Trinajstić information content (AvgIpc) is 2.72. The molecule has 0 aliphatic heterocycles. The van der Waals surface area contributed by atoms with Gasteiger partial charge in [0, 0.05) is 18.8 Å². The van der Waals surface area contributed by atoms with E-state index in [1.54, 1.807) is 30.6 Å².